The van der Waals surface area contributed by atoms with E-state index in [1.165, 1.54) is 20.2 Å². The molecule has 0 amide bonds. The van der Waals surface area contributed by atoms with Crippen LogP contribution < -0.4 is 0 Å². The molecule has 3 aromatic carbocycles. The van der Waals surface area contributed by atoms with Gasteiger partial charge in [-0.05, 0) is 29.3 Å². The molecule has 1 unspecified atom stereocenters. The molecule has 2 heteroatoms. The van der Waals surface area contributed by atoms with Gasteiger partial charge in [0.1, 0.15) is 6.10 Å². The molecule has 0 saturated carbocycles. The molecule has 21 heavy (non-hydrogen) atoms. The van der Waals surface area contributed by atoms with E-state index in [1.807, 2.05) is 36.4 Å². The minimum absolute atomic E-state index is 0.575. The molecule has 0 bridgehead atoms. The van der Waals surface area contributed by atoms with E-state index in [9.17, 15) is 5.11 Å². The third kappa shape index (κ3) is 2.13. The van der Waals surface area contributed by atoms with Gasteiger partial charge in [-0.15, -0.1) is 11.3 Å². The average molecular weight is 290 g/mol. The van der Waals surface area contributed by atoms with Crippen LogP contribution in [0.5, 0.6) is 0 Å². The first kappa shape index (κ1) is 12.6. The highest BCUT2D eigenvalue weighted by Gasteiger charge is 2.12. The smallest absolute Gasteiger partial charge is 0.104 e. The van der Waals surface area contributed by atoms with Gasteiger partial charge in [-0.2, -0.15) is 0 Å². The maximum absolute atomic E-state index is 10.6. The zero-order valence-corrected chi connectivity index (χ0v) is 12.2. The number of thiophene rings is 1. The van der Waals surface area contributed by atoms with E-state index in [0.717, 1.165) is 11.1 Å². The summed E-state index contributed by atoms with van der Waals surface area (Å²) < 4.78 is 2.55. The van der Waals surface area contributed by atoms with Crippen LogP contribution in [-0.2, 0) is 0 Å². The number of fused-ring (bicyclic) bond motifs is 3. The van der Waals surface area contributed by atoms with Crippen molar-refractivity contribution in [2.45, 2.75) is 6.10 Å². The van der Waals surface area contributed by atoms with Gasteiger partial charge in [0.2, 0.25) is 0 Å². The number of benzene rings is 3. The lowest BCUT2D eigenvalue weighted by Crippen LogP contribution is -1.98. The molecule has 0 spiro atoms. The Kier molecular flexibility index (Phi) is 2.99. The van der Waals surface area contributed by atoms with E-state index in [4.69, 9.17) is 0 Å². The van der Waals surface area contributed by atoms with E-state index in [0.29, 0.717) is 0 Å². The summed E-state index contributed by atoms with van der Waals surface area (Å²) in [5.74, 6) is 0. The number of hydrogen-bond donors (Lipinski definition) is 1. The van der Waals surface area contributed by atoms with E-state index in [2.05, 4.69) is 36.4 Å². The predicted molar refractivity (Wildman–Crippen MR) is 89.8 cm³/mol. The molecule has 0 aliphatic rings. The van der Waals surface area contributed by atoms with Gasteiger partial charge in [0, 0.05) is 20.2 Å². The summed E-state index contributed by atoms with van der Waals surface area (Å²) >= 11 is 1.80. The quantitative estimate of drug-likeness (QED) is 0.542. The largest absolute Gasteiger partial charge is 0.384 e. The Morgan fingerprint density at radius 3 is 2.24 bits per heavy atom. The fourth-order valence-electron chi connectivity index (χ4n) is 2.74. The topological polar surface area (TPSA) is 20.2 Å². The lowest BCUT2D eigenvalue weighted by atomic mass is 10.00. The highest BCUT2D eigenvalue weighted by atomic mass is 32.1. The van der Waals surface area contributed by atoms with Gasteiger partial charge in [-0.3, -0.25) is 0 Å². The molecule has 1 N–H and O–H groups in total. The minimum atomic E-state index is -0.575. The Hall–Kier alpha value is -2.16. The SMILES string of the molecule is OC(c1ccccc1)c1ccc2sc3ccccc3c2c1. The van der Waals surface area contributed by atoms with Crippen LogP contribution in [0.4, 0.5) is 0 Å². The van der Waals surface area contributed by atoms with Crippen LogP contribution in [0.1, 0.15) is 17.2 Å². The second-order valence-electron chi connectivity index (χ2n) is 5.17. The molecule has 0 aliphatic carbocycles. The van der Waals surface area contributed by atoms with Crippen LogP contribution in [0.3, 0.4) is 0 Å². The van der Waals surface area contributed by atoms with Crippen molar-refractivity contribution in [1.29, 1.82) is 0 Å². The van der Waals surface area contributed by atoms with Crippen molar-refractivity contribution in [3.63, 3.8) is 0 Å². The number of hydrogen-bond acceptors (Lipinski definition) is 2. The Morgan fingerprint density at radius 1 is 0.667 bits per heavy atom. The molecule has 1 aromatic heterocycles. The summed E-state index contributed by atoms with van der Waals surface area (Å²) in [6, 6.07) is 24.5. The van der Waals surface area contributed by atoms with Crippen molar-refractivity contribution in [1.82, 2.24) is 0 Å². The summed E-state index contributed by atoms with van der Waals surface area (Å²) in [6.07, 6.45) is -0.575. The van der Waals surface area contributed by atoms with Gasteiger partial charge in [0.05, 0.1) is 0 Å². The van der Waals surface area contributed by atoms with Crippen LogP contribution in [0.25, 0.3) is 20.2 Å². The molecule has 0 radical (unpaired) electrons. The lowest BCUT2D eigenvalue weighted by molar-refractivity contribution is 0.220. The molecule has 0 saturated heterocycles. The maximum atomic E-state index is 10.6. The van der Waals surface area contributed by atoms with Crippen molar-refractivity contribution in [3.8, 4) is 0 Å². The van der Waals surface area contributed by atoms with Crippen molar-refractivity contribution in [2.24, 2.45) is 0 Å². The second kappa shape index (κ2) is 4.99. The molecule has 102 valence electrons. The van der Waals surface area contributed by atoms with Gasteiger partial charge in [-0.25, -0.2) is 0 Å². The molecule has 1 heterocycles. The van der Waals surface area contributed by atoms with Crippen molar-refractivity contribution in [3.05, 3.63) is 83.9 Å². The van der Waals surface area contributed by atoms with Gasteiger partial charge >= 0.3 is 0 Å². The number of aliphatic hydroxyl groups excluding tert-OH is 1. The number of rotatable bonds is 2. The van der Waals surface area contributed by atoms with Crippen molar-refractivity contribution >= 4 is 31.5 Å². The summed E-state index contributed by atoms with van der Waals surface area (Å²) in [6.45, 7) is 0. The predicted octanol–water partition coefficient (Wildman–Crippen LogP) is 5.14. The fourth-order valence-corrected chi connectivity index (χ4v) is 3.83. The maximum Gasteiger partial charge on any atom is 0.104 e. The van der Waals surface area contributed by atoms with Crippen LogP contribution in [0.2, 0.25) is 0 Å². The highest BCUT2D eigenvalue weighted by molar-refractivity contribution is 7.25. The Bertz CT molecular complexity index is 909. The van der Waals surface area contributed by atoms with Gasteiger partial charge in [0.25, 0.3) is 0 Å². The third-order valence-corrected chi connectivity index (χ3v) is 4.98. The highest BCUT2D eigenvalue weighted by Crippen LogP contribution is 2.35. The van der Waals surface area contributed by atoms with E-state index < -0.39 is 6.10 Å². The molecule has 4 rings (SSSR count). The van der Waals surface area contributed by atoms with E-state index in [-0.39, 0.29) is 0 Å². The Morgan fingerprint density at radius 2 is 1.38 bits per heavy atom. The molecule has 4 aromatic rings. The Labute approximate surface area is 127 Å². The second-order valence-corrected chi connectivity index (χ2v) is 6.25. The standard InChI is InChI=1S/C19H14OS/c20-19(13-6-2-1-3-7-13)14-10-11-18-16(12-14)15-8-4-5-9-17(15)21-18/h1-12,19-20H. The molecule has 1 atom stereocenters. The normalized spacial score (nSPS) is 12.8. The first-order valence-corrected chi connectivity index (χ1v) is 7.79. The van der Waals surface area contributed by atoms with Crippen molar-refractivity contribution < 1.29 is 5.11 Å². The van der Waals surface area contributed by atoms with Gasteiger partial charge < -0.3 is 5.11 Å². The van der Waals surface area contributed by atoms with Crippen LogP contribution in [-0.4, -0.2) is 5.11 Å². The molecule has 1 nitrogen and oxygen atoms in total. The fraction of sp³-hybridized carbons (Fsp3) is 0.0526. The van der Waals surface area contributed by atoms with Gasteiger partial charge in [-0.1, -0.05) is 54.6 Å². The lowest BCUT2D eigenvalue weighted by Gasteiger charge is -2.11. The zero-order valence-electron chi connectivity index (χ0n) is 11.4. The van der Waals surface area contributed by atoms with Crippen LogP contribution in [0, 0.1) is 0 Å². The van der Waals surface area contributed by atoms with Crippen LogP contribution >= 0.6 is 11.3 Å². The van der Waals surface area contributed by atoms with E-state index in [1.54, 1.807) is 11.3 Å². The van der Waals surface area contributed by atoms with Gasteiger partial charge in [0.15, 0.2) is 0 Å². The summed E-state index contributed by atoms with van der Waals surface area (Å²) in [5, 5.41) is 13.1. The van der Waals surface area contributed by atoms with Crippen LogP contribution in [0.15, 0.2) is 72.8 Å². The first-order valence-electron chi connectivity index (χ1n) is 6.97. The molecular formula is C19H14OS. The molecular weight excluding hydrogens is 276 g/mol. The van der Waals surface area contributed by atoms with E-state index >= 15 is 0 Å². The number of aliphatic hydroxyl groups is 1. The molecule has 0 fully saturated rings. The molecule has 0 aliphatic heterocycles. The van der Waals surface area contributed by atoms with Crippen molar-refractivity contribution in [2.75, 3.05) is 0 Å². The first-order chi connectivity index (χ1) is 10.3. The monoisotopic (exact) mass is 290 g/mol. The zero-order chi connectivity index (χ0) is 14.2. The summed E-state index contributed by atoms with van der Waals surface area (Å²) in [4.78, 5) is 0. The Balaban J connectivity index is 1.88. The minimum Gasteiger partial charge on any atom is -0.384 e. The third-order valence-electron chi connectivity index (χ3n) is 3.83. The summed E-state index contributed by atoms with van der Waals surface area (Å²) in [7, 11) is 0. The average Bonchev–Trinajstić information content (AvgIpc) is 2.93. The summed E-state index contributed by atoms with van der Waals surface area (Å²) in [5.41, 5.74) is 1.87.